The van der Waals surface area contributed by atoms with Gasteiger partial charge in [-0.25, -0.2) is 0 Å². The summed E-state index contributed by atoms with van der Waals surface area (Å²) in [6.07, 6.45) is 122. The summed E-state index contributed by atoms with van der Waals surface area (Å²) in [6, 6.07) is 0. The van der Waals surface area contributed by atoms with Crippen LogP contribution in [0.2, 0.25) is 0 Å². The molecule has 0 bridgehead atoms. The van der Waals surface area contributed by atoms with Gasteiger partial charge in [0.2, 0.25) is 0 Å². The minimum Gasteiger partial charge on any atom is -0.756 e. The second-order valence-electron chi connectivity index (χ2n) is 32.3. The van der Waals surface area contributed by atoms with E-state index < -0.39 is 26.5 Å². The first-order valence-electron chi connectivity index (χ1n) is 45.9. The molecule has 0 aliphatic carbocycles. The Morgan fingerprint density at radius 3 is 0.755 bits per heavy atom. The fourth-order valence-corrected chi connectivity index (χ4v) is 14.4. The van der Waals surface area contributed by atoms with Crippen LogP contribution in [0.5, 0.6) is 0 Å². The molecule has 0 amide bonds. The maximum Gasteiger partial charge on any atom is 0.306 e. The number of quaternary nitrogens is 1. The van der Waals surface area contributed by atoms with Gasteiger partial charge in [0.1, 0.15) is 19.8 Å². The van der Waals surface area contributed by atoms with Gasteiger partial charge in [-0.1, -0.05) is 445 Å². The van der Waals surface area contributed by atoms with Crippen LogP contribution in [0.3, 0.4) is 0 Å². The minimum absolute atomic E-state index is 0.0286. The lowest BCUT2D eigenvalue weighted by Crippen LogP contribution is -2.37. The normalized spacial score (nSPS) is 13.4. The number of ether oxygens (including phenoxy) is 2. The summed E-state index contributed by atoms with van der Waals surface area (Å²) in [7, 11) is 1.19. The molecule has 2 atom stereocenters. The molecule has 0 radical (unpaired) electrons. The van der Waals surface area contributed by atoms with Gasteiger partial charge in [0.25, 0.3) is 7.82 Å². The fourth-order valence-electron chi connectivity index (χ4n) is 13.7. The number of phosphoric ester groups is 1. The molecule has 0 saturated heterocycles. The van der Waals surface area contributed by atoms with Gasteiger partial charge in [0, 0.05) is 12.8 Å². The van der Waals surface area contributed by atoms with E-state index in [4.69, 9.17) is 18.5 Å². The van der Waals surface area contributed by atoms with Gasteiger partial charge in [-0.15, -0.1) is 0 Å². The van der Waals surface area contributed by atoms with Gasteiger partial charge in [-0.3, -0.25) is 14.2 Å². The highest BCUT2D eigenvalue weighted by atomic mass is 31.2. The SMILES string of the molecule is CC/C=C\C/C=C\C/C=C\C/C=C\CCCCCCCCCCCCCCCCCCCCCCCCCCCCCCC(=O)OCC(COP(=O)([O-])OCC[N+](C)(C)C)OC(=O)CCCCCCCCCCCCCCCCCCCCCCCCCCCCCC/C=C\C/C=C\C/C=C\C/C=C\CC. The molecular formula is C96H176NO8P. The first-order chi connectivity index (χ1) is 52.0. The zero-order chi connectivity index (χ0) is 76.8. The van der Waals surface area contributed by atoms with Crippen molar-refractivity contribution in [2.45, 2.75) is 457 Å². The summed E-state index contributed by atoms with van der Waals surface area (Å²) < 4.78 is 34.5. The first-order valence-corrected chi connectivity index (χ1v) is 47.4. The van der Waals surface area contributed by atoms with E-state index in [1.54, 1.807) is 0 Å². The average Bonchev–Trinajstić information content (AvgIpc) is 0.951. The Bertz CT molecular complexity index is 2120. The lowest BCUT2D eigenvalue weighted by atomic mass is 10.0. The van der Waals surface area contributed by atoms with Gasteiger partial charge in [-0.05, 0) is 89.9 Å². The molecule has 10 heteroatoms. The molecule has 0 aliphatic rings. The second-order valence-corrected chi connectivity index (χ2v) is 33.7. The minimum atomic E-state index is -4.65. The van der Waals surface area contributed by atoms with Crippen molar-refractivity contribution in [3.05, 3.63) is 97.2 Å². The summed E-state index contributed by atoms with van der Waals surface area (Å²) in [4.78, 5) is 38.3. The Kier molecular flexibility index (Phi) is 83.4. The topological polar surface area (TPSA) is 111 Å². The van der Waals surface area contributed by atoms with Crippen LogP contribution in [-0.2, 0) is 32.7 Å². The second kappa shape index (κ2) is 85.9. The molecule has 0 aromatic rings. The molecule has 2 unspecified atom stereocenters. The van der Waals surface area contributed by atoms with Crippen LogP contribution in [0.4, 0.5) is 0 Å². The Balaban J connectivity index is 3.82. The number of carbonyl (C=O) groups excluding carboxylic acids is 2. The van der Waals surface area contributed by atoms with Crippen molar-refractivity contribution >= 4 is 19.8 Å². The van der Waals surface area contributed by atoms with Crippen LogP contribution in [0.1, 0.15) is 450 Å². The van der Waals surface area contributed by atoms with Gasteiger partial charge in [0.15, 0.2) is 6.10 Å². The van der Waals surface area contributed by atoms with E-state index in [1.807, 2.05) is 21.1 Å². The molecule has 0 spiro atoms. The summed E-state index contributed by atoms with van der Waals surface area (Å²) in [5.41, 5.74) is 0. The highest BCUT2D eigenvalue weighted by Gasteiger charge is 2.22. The standard InChI is InChI=1S/C96H176NO8P/c1-6-8-10-12-14-16-18-20-22-24-26-28-30-32-34-36-38-40-42-44-46-48-50-52-54-56-58-60-62-64-66-68-70-72-74-76-78-80-82-84-86-88-95(98)102-92-94(93-104-106(100,101)103-91-90-97(3,4)5)105-96(99)89-87-85-83-81-79-77-75-73-71-69-67-65-63-61-59-57-55-53-51-49-47-45-43-41-39-37-35-33-31-29-27-25-23-21-19-17-15-13-11-9-7-2/h8-11,14-17,20-23,26-29,94H,6-7,12-13,18-19,24-25,30-93H2,1-5H3/b10-8-,11-9-,16-14-,17-15-,22-20-,23-21-,28-26-,29-27-. The maximum absolute atomic E-state index is 12.9. The van der Waals surface area contributed by atoms with Crippen molar-refractivity contribution in [2.24, 2.45) is 0 Å². The van der Waals surface area contributed by atoms with Gasteiger partial charge in [0.05, 0.1) is 27.7 Å². The predicted octanol–water partition coefficient (Wildman–Crippen LogP) is 30.7. The van der Waals surface area contributed by atoms with Gasteiger partial charge >= 0.3 is 11.9 Å². The number of unbranched alkanes of at least 4 members (excludes halogenated alkanes) is 56. The molecule has 0 fully saturated rings. The highest BCUT2D eigenvalue weighted by molar-refractivity contribution is 7.45. The molecule has 0 heterocycles. The Morgan fingerprint density at radius 2 is 0.509 bits per heavy atom. The number of esters is 2. The van der Waals surface area contributed by atoms with Gasteiger partial charge in [-0.2, -0.15) is 0 Å². The number of allylic oxidation sites excluding steroid dienone is 16. The molecule has 0 aliphatic heterocycles. The quantitative estimate of drug-likeness (QED) is 0.0195. The maximum atomic E-state index is 12.9. The van der Waals surface area contributed by atoms with Crippen molar-refractivity contribution < 1.29 is 42.1 Å². The van der Waals surface area contributed by atoms with Crippen molar-refractivity contribution in [3.8, 4) is 0 Å². The molecular weight excluding hydrogens is 1330 g/mol. The lowest BCUT2D eigenvalue weighted by molar-refractivity contribution is -0.870. The Labute approximate surface area is 659 Å². The molecule has 0 N–H and O–H groups in total. The summed E-state index contributed by atoms with van der Waals surface area (Å²) in [5, 5.41) is 0. The third kappa shape index (κ3) is 89.8. The smallest absolute Gasteiger partial charge is 0.306 e. The van der Waals surface area contributed by atoms with Crippen molar-refractivity contribution in [1.29, 1.82) is 0 Å². The van der Waals surface area contributed by atoms with Crippen LogP contribution in [0.15, 0.2) is 97.2 Å². The Morgan fingerprint density at radius 1 is 0.292 bits per heavy atom. The van der Waals surface area contributed by atoms with E-state index in [0.29, 0.717) is 17.4 Å². The van der Waals surface area contributed by atoms with Crippen LogP contribution < -0.4 is 4.89 Å². The van der Waals surface area contributed by atoms with Crippen LogP contribution in [-0.4, -0.2) is 70.0 Å². The van der Waals surface area contributed by atoms with Crippen LogP contribution in [0.25, 0.3) is 0 Å². The predicted molar refractivity (Wildman–Crippen MR) is 462 cm³/mol. The molecule has 618 valence electrons. The van der Waals surface area contributed by atoms with Crippen molar-refractivity contribution in [2.75, 3.05) is 47.5 Å². The molecule has 0 saturated carbocycles. The summed E-state index contributed by atoms with van der Waals surface area (Å²) in [5.74, 6) is -0.807. The number of hydrogen-bond acceptors (Lipinski definition) is 8. The lowest BCUT2D eigenvalue weighted by Gasteiger charge is -2.28. The van der Waals surface area contributed by atoms with E-state index in [2.05, 4.69) is 111 Å². The van der Waals surface area contributed by atoms with E-state index in [-0.39, 0.29) is 32.0 Å². The van der Waals surface area contributed by atoms with Crippen molar-refractivity contribution in [1.82, 2.24) is 0 Å². The molecule has 0 rings (SSSR count). The zero-order valence-corrected chi connectivity index (χ0v) is 71.8. The number of carbonyl (C=O) groups is 2. The third-order valence-corrected chi connectivity index (χ3v) is 21.6. The molecule has 106 heavy (non-hydrogen) atoms. The summed E-state index contributed by atoms with van der Waals surface area (Å²) in [6.45, 7) is 4.09. The highest BCUT2D eigenvalue weighted by Crippen LogP contribution is 2.38. The molecule has 9 nitrogen and oxygen atoms in total. The van der Waals surface area contributed by atoms with Crippen molar-refractivity contribution in [3.63, 3.8) is 0 Å². The largest absolute Gasteiger partial charge is 0.756 e. The van der Waals surface area contributed by atoms with Crippen LogP contribution >= 0.6 is 7.82 Å². The first kappa shape index (κ1) is 103. The average molecular weight is 1500 g/mol. The number of nitrogens with zero attached hydrogens (tertiary/aromatic N) is 1. The molecule has 0 aromatic heterocycles. The number of phosphoric acid groups is 1. The third-order valence-electron chi connectivity index (χ3n) is 20.6. The number of hydrogen-bond donors (Lipinski definition) is 0. The van der Waals surface area contributed by atoms with Gasteiger partial charge < -0.3 is 27.9 Å². The Hall–Kier alpha value is -3.07. The van der Waals surface area contributed by atoms with E-state index in [0.717, 1.165) is 83.5 Å². The monoisotopic (exact) mass is 1500 g/mol. The fraction of sp³-hybridized carbons (Fsp3) is 0.812. The van der Waals surface area contributed by atoms with Crippen LogP contribution in [0, 0.1) is 0 Å². The number of rotatable bonds is 86. The zero-order valence-electron chi connectivity index (χ0n) is 70.9. The number of likely N-dealkylation sites (N-methyl/N-ethyl adjacent to an activating group) is 1. The molecule has 0 aromatic carbocycles. The van der Waals surface area contributed by atoms with E-state index in [9.17, 15) is 19.0 Å². The summed E-state index contributed by atoms with van der Waals surface area (Å²) >= 11 is 0. The van der Waals surface area contributed by atoms with E-state index in [1.165, 1.54) is 334 Å². The van der Waals surface area contributed by atoms with E-state index >= 15 is 0 Å².